The van der Waals surface area contributed by atoms with Crippen LogP contribution in [0, 0.1) is 5.92 Å². The molecule has 24 heavy (non-hydrogen) atoms. The van der Waals surface area contributed by atoms with E-state index in [9.17, 15) is 14.7 Å². The second kappa shape index (κ2) is 6.44. The number of aromatic nitrogens is 4. The molecule has 0 spiro atoms. The molecule has 9 nitrogen and oxygen atoms in total. The predicted molar refractivity (Wildman–Crippen MR) is 85.8 cm³/mol. The summed E-state index contributed by atoms with van der Waals surface area (Å²) in [6.45, 7) is 0. The number of amides is 1. The van der Waals surface area contributed by atoms with Crippen LogP contribution in [0.2, 0.25) is 0 Å². The number of aryl methyl sites for hydroxylation is 1. The number of hydrogen-bond donors (Lipinski definition) is 4. The van der Waals surface area contributed by atoms with Crippen molar-refractivity contribution in [3.8, 4) is 0 Å². The highest BCUT2D eigenvalue weighted by Gasteiger charge is 2.36. The molecule has 9 heteroatoms. The lowest BCUT2D eigenvalue weighted by molar-refractivity contribution is -0.122. The third kappa shape index (κ3) is 3.62. The number of nitrogens with two attached hydrogens (primary N) is 1. The number of nitrogens with zero attached hydrogens (tertiary/aromatic N) is 3. The second-order valence-electron chi connectivity index (χ2n) is 6.18. The van der Waals surface area contributed by atoms with Gasteiger partial charge in [-0.25, -0.2) is 4.98 Å². The summed E-state index contributed by atoms with van der Waals surface area (Å²) in [4.78, 5) is 30.0. The Morgan fingerprint density at radius 2 is 2.33 bits per heavy atom. The molecule has 2 aromatic heterocycles. The van der Waals surface area contributed by atoms with Crippen LogP contribution >= 0.6 is 0 Å². The molecule has 1 amide bonds. The number of aliphatic hydroxyl groups is 1. The van der Waals surface area contributed by atoms with Crippen LogP contribution in [0.5, 0.6) is 0 Å². The van der Waals surface area contributed by atoms with E-state index in [1.165, 1.54) is 6.07 Å². The van der Waals surface area contributed by atoms with E-state index in [0.29, 0.717) is 18.5 Å². The molecule has 1 unspecified atom stereocenters. The van der Waals surface area contributed by atoms with Gasteiger partial charge in [0.05, 0.1) is 30.5 Å². The van der Waals surface area contributed by atoms with E-state index in [1.807, 2.05) is 6.20 Å². The Morgan fingerprint density at radius 1 is 1.58 bits per heavy atom. The number of carbonyl (C=O) groups is 1. The Morgan fingerprint density at radius 3 is 2.92 bits per heavy atom. The summed E-state index contributed by atoms with van der Waals surface area (Å²) in [6, 6.07) is 1.02. The first kappa shape index (κ1) is 16.2. The summed E-state index contributed by atoms with van der Waals surface area (Å²) in [7, 11) is 1.81. The van der Waals surface area contributed by atoms with E-state index in [-0.39, 0.29) is 36.3 Å². The number of carbonyl (C=O) groups excluding carboxylic acids is 1. The molecule has 0 bridgehead atoms. The molecular weight excluding hydrogens is 312 g/mol. The van der Waals surface area contributed by atoms with Crippen LogP contribution in [0.1, 0.15) is 30.1 Å². The van der Waals surface area contributed by atoms with Gasteiger partial charge in [0.25, 0.3) is 5.56 Å². The number of nitrogens with one attached hydrogen (secondary N) is 2. The molecule has 1 saturated carbocycles. The van der Waals surface area contributed by atoms with E-state index in [1.54, 1.807) is 17.9 Å². The Bertz CT molecular complexity index is 793. The smallest absolute Gasteiger partial charge is 0.252 e. The molecule has 1 fully saturated rings. The molecule has 0 radical (unpaired) electrons. The molecule has 0 saturated heterocycles. The average molecular weight is 332 g/mol. The highest BCUT2D eigenvalue weighted by molar-refractivity contribution is 5.78. The molecule has 2 heterocycles. The Balaban J connectivity index is 1.72. The zero-order chi connectivity index (χ0) is 17.3. The minimum atomic E-state index is -0.392. The Labute approximate surface area is 137 Å². The van der Waals surface area contributed by atoms with Gasteiger partial charge in [-0.1, -0.05) is 0 Å². The van der Waals surface area contributed by atoms with Crippen LogP contribution < -0.4 is 16.6 Å². The van der Waals surface area contributed by atoms with Gasteiger partial charge in [0.1, 0.15) is 0 Å². The number of aromatic amines is 1. The van der Waals surface area contributed by atoms with Crippen molar-refractivity contribution in [2.75, 3.05) is 5.73 Å². The first-order chi connectivity index (χ1) is 11.4. The number of hydrogen-bond acceptors (Lipinski definition) is 6. The average Bonchev–Trinajstić information content (AvgIpc) is 2.87. The molecule has 0 aliphatic heterocycles. The van der Waals surface area contributed by atoms with Crippen molar-refractivity contribution in [3.05, 3.63) is 40.1 Å². The predicted octanol–water partition coefficient (Wildman–Crippen LogP) is -0.743. The van der Waals surface area contributed by atoms with Crippen LogP contribution in [0.4, 0.5) is 5.95 Å². The van der Waals surface area contributed by atoms with E-state index in [4.69, 9.17) is 5.73 Å². The number of H-pyrrole nitrogens is 1. The zero-order valence-corrected chi connectivity index (χ0v) is 13.3. The first-order valence-corrected chi connectivity index (χ1v) is 7.72. The van der Waals surface area contributed by atoms with Crippen molar-refractivity contribution < 1.29 is 9.90 Å². The SMILES string of the molecule is Cn1cc(C(NC(=O)Cc2cc(=O)[nH]c(N)n2)C2CC(O)C2)cn1. The minimum absolute atomic E-state index is 0.0174. The maximum atomic E-state index is 12.4. The monoisotopic (exact) mass is 332 g/mol. The second-order valence-corrected chi connectivity index (χ2v) is 6.18. The number of rotatable bonds is 5. The molecule has 1 atom stereocenters. The lowest BCUT2D eigenvalue weighted by Gasteiger charge is -2.37. The normalized spacial score (nSPS) is 21.1. The zero-order valence-electron chi connectivity index (χ0n) is 13.3. The summed E-state index contributed by atoms with van der Waals surface area (Å²) in [5, 5.41) is 16.7. The highest BCUT2D eigenvalue weighted by atomic mass is 16.3. The molecule has 3 rings (SSSR count). The van der Waals surface area contributed by atoms with Crippen LogP contribution in [-0.2, 0) is 18.3 Å². The maximum Gasteiger partial charge on any atom is 0.252 e. The van der Waals surface area contributed by atoms with Gasteiger partial charge in [-0.3, -0.25) is 19.3 Å². The van der Waals surface area contributed by atoms with Crippen molar-refractivity contribution in [3.63, 3.8) is 0 Å². The summed E-state index contributed by atoms with van der Waals surface area (Å²) in [6.07, 6.45) is 4.46. The summed E-state index contributed by atoms with van der Waals surface area (Å²) >= 11 is 0. The van der Waals surface area contributed by atoms with Gasteiger partial charge in [0.2, 0.25) is 11.9 Å². The third-order valence-corrected chi connectivity index (χ3v) is 4.18. The summed E-state index contributed by atoms with van der Waals surface area (Å²) in [5.41, 5.74) is 6.30. The Hall–Kier alpha value is -2.68. The lowest BCUT2D eigenvalue weighted by Crippen LogP contribution is -2.41. The molecule has 2 aromatic rings. The number of aliphatic hydroxyl groups excluding tert-OH is 1. The molecule has 1 aliphatic rings. The van der Waals surface area contributed by atoms with Gasteiger partial charge in [-0.2, -0.15) is 5.10 Å². The molecule has 0 aromatic carbocycles. The van der Waals surface area contributed by atoms with Crippen molar-refractivity contribution in [2.45, 2.75) is 31.4 Å². The van der Waals surface area contributed by atoms with Crippen molar-refractivity contribution >= 4 is 11.9 Å². The van der Waals surface area contributed by atoms with Crippen LogP contribution in [-0.4, -0.2) is 36.9 Å². The van der Waals surface area contributed by atoms with E-state index < -0.39 is 5.56 Å². The van der Waals surface area contributed by atoms with E-state index in [2.05, 4.69) is 20.4 Å². The molecular formula is C15H20N6O3. The van der Waals surface area contributed by atoms with Crippen molar-refractivity contribution in [2.24, 2.45) is 13.0 Å². The highest BCUT2D eigenvalue weighted by Crippen LogP contribution is 2.37. The topological polar surface area (TPSA) is 139 Å². The third-order valence-electron chi connectivity index (χ3n) is 4.18. The lowest BCUT2D eigenvalue weighted by atomic mass is 9.75. The van der Waals surface area contributed by atoms with Gasteiger partial charge in [-0.05, 0) is 18.8 Å². The van der Waals surface area contributed by atoms with Gasteiger partial charge in [-0.15, -0.1) is 0 Å². The quantitative estimate of drug-likeness (QED) is 0.568. The fourth-order valence-electron chi connectivity index (χ4n) is 2.98. The number of anilines is 1. The standard InChI is InChI=1S/C15H20N6O3/c1-21-7-9(6-17-21)14(8-2-11(22)3-8)19-12(23)4-10-5-13(24)20-15(16)18-10/h5-8,11,14,22H,2-4H2,1H3,(H,19,23)(H3,16,18,20,24). The van der Waals surface area contributed by atoms with Crippen molar-refractivity contribution in [1.82, 2.24) is 25.1 Å². The van der Waals surface area contributed by atoms with E-state index >= 15 is 0 Å². The minimum Gasteiger partial charge on any atom is -0.393 e. The van der Waals surface area contributed by atoms with Gasteiger partial charge in [0, 0.05) is 24.9 Å². The number of nitrogen functional groups attached to an aromatic ring is 1. The first-order valence-electron chi connectivity index (χ1n) is 7.72. The van der Waals surface area contributed by atoms with Gasteiger partial charge in [0.15, 0.2) is 0 Å². The molecule has 1 aliphatic carbocycles. The van der Waals surface area contributed by atoms with Crippen LogP contribution in [0.3, 0.4) is 0 Å². The van der Waals surface area contributed by atoms with Crippen LogP contribution in [0.15, 0.2) is 23.3 Å². The Kier molecular flexibility index (Phi) is 4.34. The summed E-state index contributed by atoms with van der Waals surface area (Å²) < 4.78 is 1.67. The molecule has 128 valence electrons. The summed E-state index contributed by atoms with van der Waals surface area (Å²) in [5.74, 6) is -0.121. The van der Waals surface area contributed by atoms with Gasteiger partial charge < -0.3 is 16.2 Å². The largest absolute Gasteiger partial charge is 0.393 e. The van der Waals surface area contributed by atoms with Crippen molar-refractivity contribution in [1.29, 1.82) is 0 Å². The van der Waals surface area contributed by atoms with Crippen LogP contribution in [0.25, 0.3) is 0 Å². The van der Waals surface area contributed by atoms with Gasteiger partial charge >= 0.3 is 0 Å². The van der Waals surface area contributed by atoms with E-state index in [0.717, 1.165) is 5.56 Å². The fraction of sp³-hybridized carbons (Fsp3) is 0.467. The maximum absolute atomic E-state index is 12.4. The fourth-order valence-corrected chi connectivity index (χ4v) is 2.98. The molecule has 5 N–H and O–H groups in total.